The Morgan fingerprint density at radius 2 is 1.79 bits per heavy atom. The van der Waals surface area contributed by atoms with Crippen molar-refractivity contribution in [1.82, 2.24) is 14.9 Å². The molecule has 2 heterocycles. The molecule has 0 radical (unpaired) electrons. The van der Waals surface area contributed by atoms with Crippen LogP contribution in [0.25, 0.3) is 0 Å². The molecule has 1 aliphatic heterocycles. The number of nitrogens with one attached hydrogen (secondary N) is 2. The second kappa shape index (κ2) is 9.96. The fourth-order valence-corrected chi connectivity index (χ4v) is 4.43. The molecule has 0 unspecified atom stereocenters. The Morgan fingerprint density at radius 1 is 1.03 bits per heavy atom. The first-order chi connectivity index (χ1) is 16.2. The molecule has 2 aromatic carbocycles. The van der Waals surface area contributed by atoms with Crippen molar-refractivity contribution < 1.29 is 13.5 Å². The number of hydrogen-bond acceptors (Lipinski definition) is 9. The van der Waals surface area contributed by atoms with Crippen LogP contribution < -0.4 is 15.5 Å². The third-order valence-corrected chi connectivity index (χ3v) is 6.88. The zero-order chi connectivity index (χ0) is 24.3. The Labute approximate surface area is 200 Å². The van der Waals surface area contributed by atoms with Crippen LogP contribution in [0.2, 0.25) is 0 Å². The van der Waals surface area contributed by atoms with Crippen LogP contribution >= 0.6 is 0 Å². The van der Waals surface area contributed by atoms with Crippen LogP contribution in [0.1, 0.15) is 11.1 Å². The van der Waals surface area contributed by atoms with Gasteiger partial charge in [0.2, 0.25) is 5.95 Å². The SMILES string of the molecule is Cc1cnc(Nc2cc(N3CCN(C)CC3)cc(S(C)(=O)=O)c2)nc1Nc1cccc(CO)c1. The molecule has 1 aromatic heterocycles. The number of sulfone groups is 1. The van der Waals surface area contributed by atoms with Gasteiger partial charge in [0.1, 0.15) is 5.82 Å². The lowest BCUT2D eigenvalue weighted by Gasteiger charge is -2.34. The van der Waals surface area contributed by atoms with E-state index in [2.05, 4.69) is 37.4 Å². The van der Waals surface area contributed by atoms with Gasteiger partial charge in [-0.3, -0.25) is 0 Å². The number of piperazine rings is 1. The lowest BCUT2D eigenvalue weighted by Crippen LogP contribution is -2.44. The molecule has 0 bridgehead atoms. The van der Waals surface area contributed by atoms with Crippen molar-refractivity contribution in [2.75, 3.05) is 55.0 Å². The standard InChI is InChI=1S/C24H30N6O3S/c1-17-15-25-24(28-23(17)26-19-6-4-5-18(11-19)16-31)27-20-12-21(14-22(13-20)34(3,32)33)30-9-7-29(2)8-10-30/h4-6,11-15,31H,7-10,16H2,1-3H3,(H2,25,26,27,28). The molecule has 1 fully saturated rings. The van der Waals surface area contributed by atoms with Crippen molar-refractivity contribution in [3.8, 4) is 0 Å². The van der Waals surface area contributed by atoms with E-state index in [1.807, 2.05) is 37.3 Å². The van der Waals surface area contributed by atoms with Crippen molar-refractivity contribution in [2.24, 2.45) is 0 Å². The van der Waals surface area contributed by atoms with Crippen molar-refractivity contribution in [3.05, 3.63) is 59.8 Å². The predicted molar refractivity (Wildman–Crippen MR) is 135 cm³/mol. The highest BCUT2D eigenvalue weighted by molar-refractivity contribution is 7.90. The summed E-state index contributed by atoms with van der Waals surface area (Å²) in [4.78, 5) is 13.7. The molecule has 9 nitrogen and oxygen atoms in total. The summed E-state index contributed by atoms with van der Waals surface area (Å²) in [6.45, 7) is 5.34. The van der Waals surface area contributed by atoms with E-state index in [-0.39, 0.29) is 11.5 Å². The molecule has 1 saturated heterocycles. The van der Waals surface area contributed by atoms with E-state index in [0.717, 1.165) is 48.7 Å². The maximum absolute atomic E-state index is 12.4. The summed E-state index contributed by atoms with van der Waals surface area (Å²) in [5.74, 6) is 0.965. The molecule has 1 aliphatic rings. The molecule has 10 heteroatoms. The number of rotatable bonds is 7. The first kappa shape index (κ1) is 23.9. The van der Waals surface area contributed by atoms with E-state index in [0.29, 0.717) is 17.5 Å². The van der Waals surface area contributed by atoms with Crippen LogP contribution in [0.4, 0.5) is 28.8 Å². The fraction of sp³-hybridized carbons (Fsp3) is 0.333. The summed E-state index contributed by atoms with van der Waals surface area (Å²) < 4.78 is 24.7. The van der Waals surface area contributed by atoms with Crippen molar-refractivity contribution in [1.29, 1.82) is 0 Å². The normalized spacial score (nSPS) is 14.8. The molecule has 0 atom stereocenters. The summed E-state index contributed by atoms with van der Waals surface area (Å²) >= 11 is 0. The summed E-state index contributed by atoms with van der Waals surface area (Å²) in [5.41, 5.74) is 3.90. The van der Waals surface area contributed by atoms with Crippen molar-refractivity contribution in [2.45, 2.75) is 18.4 Å². The van der Waals surface area contributed by atoms with Gasteiger partial charge in [-0.25, -0.2) is 13.4 Å². The van der Waals surface area contributed by atoms with Gasteiger partial charge in [-0.2, -0.15) is 4.98 Å². The first-order valence-electron chi connectivity index (χ1n) is 11.1. The molecule has 34 heavy (non-hydrogen) atoms. The number of aromatic nitrogens is 2. The van der Waals surface area contributed by atoms with Gasteiger partial charge in [-0.15, -0.1) is 0 Å². The van der Waals surface area contributed by atoms with Gasteiger partial charge >= 0.3 is 0 Å². The topological polar surface area (TPSA) is 111 Å². The average molecular weight is 483 g/mol. The van der Waals surface area contributed by atoms with E-state index in [1.54, 1.807) is 18.3 Å². The third-order valence-electron chi connectivity index (χ3n) is 5.79. The van der Waals surface area contributed by atoms with Gasteiger partial charge in [-0.05, 0) is 49.9 Å². The van der Waals surface area contributed by atoms with Gasteiger partial charge in [0.25, 0.3) is 0 Å². The van der Waals surface area contributed by atoms with E-state index in [4.69, 9.17) is 0 Å². The zero-order valence-electron chi connectivity index (χ0n) is 19.6. The van der Waals surface area contributed by atoms with Crippen molar-refractivity contribution >= 4 is 38.7 Å². The maximum atomic E-state index is 12.4. The van der Waals surface area contributed by atoms with Crippen LogP contribution in [0.3, 0.4) is 0 Å². The number of anilines is 5. The average Bonchev–Trinajstić information content (AvgIpc) is 2.81. The van der Waals surface area contributed by atoms with Gasteiger partial charge < -0.3 is 25.5 Å². The molecular formula is C24H30N6O3S. The molecule has 4 rings (SSSR count). The number of aliphatic hydroxyl groups is 1. The van der Waals surface area contributed by atoms with Gasteiger partial charge in [-0.1, -0.05) is 12.1 Å². The van der Waals surface area contributed by atoms with E-state index in [9.17, 15) is 13.5 Å². The van der Waals surface area contributed by atoms with Crippen LogP contribution in [-0.2, 0) is 16.4 Å². The summed E-state index contributed by atoms with van der Waals surface area (Å²) in [5, 5.41) is 15.8. The van der Waals surface area contributed by atoms with Crippen LogP contribution in [-0.4, -0.2) is 67.9 Å². The maximum Gasteiger partial charge on any atom is 0.229 e. The Hall–Kier alpha value is -3.21. The minimum Gasteiger partial charge on any atom is -0.392 e. The van der Waals surface area contributed by atoms with Gasteiger partial charge in [0.15, 0.2) is 9.84 Å². The Balaban J connectivity index is 1.62. The zero-order valence-corrected chi connectivity index (χ0v) is 20.4. The highest BCUT2D eigenvalue weighted by Gasteiger charge is 2.18. The van der Waals surface area contributed by atoms with E-state index < -0.39 is 9.84 Å². The summed E-state index contributed by atoms with van der Waals surface area (Å²) in [6.07, 6.45) is 2.92. The highest BCUT2D eigenvalue weighted by Crippen LogP contribution is 2.28. The molecule has 0 amide bonds. The Bertz CT molecular complexity index is 1270. The van der Waals surface area contributed by atoms with Crippen molar-refractivity contribution in [3.63, 3.8) is 0 Å². The number of hydrogen-bond donors (Lipinski definition) is 3. The van der Waals surface area contributed by atoms with Crippen LogP contribution in [0.5, 0.6) is 0 Å². The third kappa shape index (κ3) is 5.82. The number of benzene rings is 2. The minimum atomic E-state index is -3.40. The molecule has 180 valence electrons. The smallest absolute Gasteiger partial charge is 0.229 e. The highest BCUT2D eigenvalue weighted by atomic mass is 32.2. The molecule has 0 aliphatic carbocycles. The number of nitrogens with zero attached hydrogens (tertiary/aromatic N) is 4. The lowest BCUT2D eigenvalue weighted by atomic mass is 10.2. The van der Waals surface area contributed by atoms with E-state index in [1.165, 1.54) is 6.26 Å². The van der Waals surface area contributed by atoms with Crippen LogP contribution in [0.15, 0.2) is 53.6 Å². The quantitative estimate of drug-likeness (QED) is 0.468. The second-order valence-electron chi connectivity index (χ2n) is 8.61. The first-order valence-corrected chi connectivity index (χ1v) is 13.0. The molecule has 3 N–H and O–H groups in total. The van der Waals surface area contributed by atoms with Crippen LogP contribution in [0, 0.1) is 6.92 Å². The molecule has 0 saturated carbocycles. The molecule has 0 spiro atoms. The summed E-state index contributed by atoms with van der Waals surface area (Å²) in [7, 11) is -1.32. The predicted octanol–water partition coefficient (Wildman–Crippen LogP) is 2.92. The van der Waals surface area contributed by atoms with E-state index >= 15 is 0 Å². The number of aliphatic hydroxyl groups excluding tert-OH is 1. The Kier molecular flexibility index (Phi) is 7.01. The lowest BCUT2D eigenvalue weighted by molar-refractivity contribution is 0.282. The largest absolute Gasteiger partial charge is 0.392 e. The van der Waals surface area contributed by atoms with Gasteiger partial charge in [0, 0.05) is 61.3 Å². The summed E-state index contributed by atoms with van der Waals surface area (Å²) in [6, 6.07) is 12.7. The monoisotopic (exact) mass is 482 g/mol. The molecule has 3 aromatic rings. The minimum absolute atomic E-state index is 0.0442. The number of likely N-dealkylation sites (N-methyl/N-ethyl adjacent to an activating group) is 1. The van der Waals surface area contributed by atoms with Gasteiger partial charge in [0.05, 0.1) is 11.5 Å². The Morgan fingerprint density at radius 3 is 2.50 bits per heavy atom. The second-order valence-corrected chi connectivity index (χ2v) is 10.6. The number of aryl methyl sites for hydroxylation is 1. The molecular weight excluding hydrogens is 452 g/mol. The fourth-order valence-electron chi connectivity index (χ4n) is 3.76.